The van der Waals surface area contributed by atoms with Crippen molar-refractivity contribution >= 4 is 11.8 Å². The number of nitrogens with one attached hydrogen (secondary N) is 2. The number of aromatic nitrogens is 2. The molecule has 1 heterocycles. The van der Waals surface area contributed by atoms with Crippen molar-refractivity contribution in [2.24, 2.45) is 28.9 Å². The molecular formula is C25H32N6O2. The van der Waals surface area contributed by atoms with Crippen molar-refractivity contribution in [3.05, 3.63) is 41.1 Å². The molecule has 1 aromatic heterocycles. The predicted octanol–water partition coefficient (Wildman–Crippen LogP) is 3.03. The summed E-state index contributed by atoms with van der Waals surface area (Å²) in [5, 5.41) is 25.8. The van der Waals surface area contributed by atoms with E-state index in [-0.39, 0.29) is 12.0 Å². The Morgan fingerprint density at radius 3 is 2.73 bits per heavy atom. The summed E-state index contributed by atoms with van der Waals surface area (Å²) in [5.74, 6) is 3.83. The van der Waals surface area contributed by atoms with Gasteiger partial charge in [-0.1, -0.05) is 6.07 Å². The number of hydrogen-bond acceptors (Lipinski definition) is 8. The summed E-state index contributed by atoms with van der Waals surface area (Å²) in [6, 6.07) is 8.14. The monoisotopic (exact) mass is 448 g/mol. The van der Waals surface area contributed by atoms with Crippen LogP contribution >= 0.6 is 0 Å². The quantitative estimate of drug-likeness (QED) is 0.485. The third-order valence-electron chi connectivity index (χ3n) is 7.98. The van der Waals surface area contributed by atoms with Gasteiger partial charge >= 0.3 is 0 Å². The molecule has 6 rings (SSSR count). The van der Waals surface area contributed by atoms with Crippen LogP contribution in [-0.2, 0) is 13.2 Å². The first-order valence-corrected chi connectivity index (χ1v) is 11.8. The van der Waals surface area contributed by atoms with Crippen molar-refractivity contribution in [3.63, 3.8) is 0 Å². The van der Waals surface area contributed by atoms with Gasteiger partial charge in [0.1, 0.15) is 23.2 Å². The molecule has 1 aromatic carbocycles. The first-order chi connectivity index (χ1) is 16.0. The molecule has 8 heteroatoms. The van der Waals surface area contributed by atoms with Crippen molar-refractivity contribution in [1.82, 2.24) is 9.97 Å². The molecule has 4 fully saturated rings. The van der Waals surface area contributed by atoms with Crippen LogP contribution in [0.1, 0.15) is 48.8 Å². The summed E-state index contributed by atoms with van der Waals surface area (Å²) in [6.45, 7) is 1.23. The molecule has 0 radical (unpaired) electrons. The third kappa shape index (κ3) is 4.23. The lowest BCUT2D eigenvalue weighted by Crippen LogP contribution is -2.58. The second-order valence-electron chi connectivity index (χ2n) is 10.1. The van der Waals surface area contributed by atoms with Crippen LogP contribution in [0.3, 0.4) is 0 Å². The molecule has 0 aliphatic heterocycles. The van der Waals surface area contributed by atoms with E-state index in [0.29, 0.717) is 41.8 Å². The van der Waals surface area contributed by atoms with E-state index in [4.69, 9.17) is 10.5 Å². The zero-order valence-corrected chi connectivity index (χ0v) is 19.1. The molecule has 1 unspecified atom stereocenters. The van der Waals surface area contributed by atoms with Gasteiger partial charge < -0.3 is 26.2 Å². The Kier molecular flexibility index (Phi) is 5.85. The zero-order valence-electron chi connectivity index (χ0n) is 19.1. The number of benzene rings is 1. The summed E-state index contributed by atoms with van der Waals surface area (Å²) < 4.78 is 5.43. The number of methoxy groups -OCH3 is 1. The van der Waals surface area contributed by atoms with Gasteiger partial charge in [-0.05, 0) is 73.0 Å². The summed E-state index contributed by atoms with van der Waals surface area (Å²) in [4.78, 5) is 8.93. The van der Waals surface area contributed by atoms with Crippen LogP contribution in [0, 0.1) is 34.5 Å². The van der Waals surface area contributed by atoms with E-state index in [1.54, 1.807) is 13.3 Å². The minimum atomic E-state index is -0.0341. The van der Waals surface area contributed by atoms with Gasteiger partial charge in [-0.3, -0.25) is 0 Å². The van der Waals surface area contributed by atoms with Gasteiger partial charge in [-0.15, -0.1) is 0 Å². The van der Waals surface area contributed by atoms with Crippen LogP contribution in [0.15, 0.2) is 24.4 Å². The number of nitrogens with zero attached hydrogens (tertiary/aromatic N) is 3. The molecule has 0 saturated heterocycles. The van der Waals surface area contributed by atoms with Gasteiger partial charge in [0, 0.05) is 24.7 Å². The average molecular weight is 449 g/mol. The highest BCUT2D eigenvalue weighted by atomic mass is 16.5. The number of rotatable bonds is 8. The Morgan fingerprint density at radius 2 is 2.03 bits per heavy atom. The largest absolute Gasteiger partial charge is 0.496 e. The van der Waals surface area contributed by atoms with E-state index in [1.165, 1.54) is 32.1 Å². The van der Waals surface area contributed by atoms with Crippen molar-refractivity contribution < 1.29 is 9.84 Å². The van der Waals surface area contributed by atoms with Gasteiger partial charge in [0.15, 0.2) is 0 Å². The van der Waals surface area contributed by atoms with E-state index in [2.05, 4.69) is 26.7 Å². The zero-order chi connectivity index (χ0) is 23.0. The van der Waals surface area contributed by atoms with E-state index in [9.17, 15) is 10.4 Å². The molecule has 33 heavy (non-hydrogen) atoms. The first kappa shape index (κ1) is 21.9. The van der Waals surface area contributed by atoms with Crippen molar-refractivity contribution in [1.29, 1.82) is 5.26 Å². The Bertz CT molecular complexity index is 1050. The number of anilines is 2. The fraction of sp³-hybridized carbons (Fsp3) is 0.560. The van der Waals surface area contributed by atoms with Gasteiger partial charge in [0.05, 0.1) is 19.9 Å². The predicted molar refractivity (Wildman–Crippen MR) is 125 cm³/mol. The van der Waals surface area contributed by atoms with Crippen molar-refractivity contribution in [3.8, 4) is 11.8 Å². The van der Waals surface area contributed by atoms with Crippen molar-refractivity contribution in [2.45, 2.75) is 51.3 Å². The normalized spacial score (nSPS) is 29.5. The second-order valence-corrected chi connectivity index (χ2v) is 10.1. The maximum atomic E-state index is 9.59. The summed E-state index contributed by atoms with van der Waals surface area (Å²) in [7, 11) is 1.62. The Balaban J connectivity index is 1.29. The molecule has 5 atom stereocenters. The van der Waals surface area contributed by atoms with Gasteiger partial charge in [0.25, 0.3) is 0 Å². The second kappa shape index (κ2) is 8.81. The fourth-order valence-electron chi connectivity index (χ4n) is 6.65. The smallest absolute Gasteiger partial charge is 0.224 e. The van der Waals surface area contributed by atoms with Gasteiger partial charge in [-0.25, -0.2) is 4.98 Å². The van der Waals surface area contributed by atoms with Crippen LogP contribution in [0.2, 0.25) is 0 Å². The molecule has 2 aromatic rings. The van der Waals surface area contributed by atoms with Gasteiger partial charge in [0.2, 0.25) is 5.95 Å². The SMILES string of the molecule is COc1ccc(CO)cc1CNc1ncc(C#N)c(NC[C@]23CC4C[C@H](C2)[C@@H](N)[C@@H](C4)C3)n1. The Morgan fingerprint density at radius 1 is 1.24 bits per heavy atom. The maximum Gasteiger partial charge on any atom is 0.224 e. The Hall–Kier alpha value is -2.89. The molecule has 4 bridgehead atoms. The average Bonchev–Trinajstić information content (AvgIpc) is 2.84. The van der Waals surface area contributed by atoms with Crippen LogP contribution in [0.5, 0.6) is 5.75 Å². The molecule has 4 aliphatic rings. The number of ether oxygens (including phenoxy) is 1. The van der Waals surface area contributed by atoms with Crippen LogP contribution in [0.25, 0.3) is 0 Å². The number of nitrogens with two attached hydrogens (primary N) is 1. The van der Waals surface area contributed by atoms with Crippen molar-refractivity contribution in [2.75, 3.05) is 24.3 Å². The number of nitriles is 1. The minimum absolute atomic E-state index is 0.0341. The van der Waals surface area contributed by atoms with E-state index in [0.717, 1.165) is 29.3 Å². The van der Waals surface area contributed by atoms with E-state index >= 15 is 0 Å². The highest BCUT2D eigenvalue weighted by Gasteiger charge is 2.54. The molecule has 4 aliphatic carbocycles. The number of aliphatic hydroxyl groups is 1. The lowest BCUT2D eigenvalue weighted by molar-refractivity contribution is -0.0591. The third-order valence-corrected chi connectivity index (χ3v) is 7.98. The highest BCUT2D eigenvalue weighted by Crippen LogP contribution is 2.59. The van der Waals surface area contributed by atoms with Crippen LogP contribution in [-0.4, -0.2) is 34.8 Å². The van der Waals surface area contributed by atoms with Crippen LogP contribution in [0.4, 0.5) is 11.8 Å². The minimum Gasteiger partial charge on any atom is -0.496 e. The molecule has 4 saturated carbocycles. The Labute approximate surface area is 194 Å². The number of hydrogen-bond donors (Lipinski definition) is 4. The van der Waals surface area contributed by atoms with Gasteiger partial charge in [-0.2, -0.15) is 10.2 Å². The molecular weight excluding hydrogens is 416 g/mol. The lowest BCUT2D eigenvalue weighted by atomic mass is 9.48. The number of aliphatic hydroxyl groups excluding tert-OH is 1. The first-order valence-electron chi connectivity index (χ1n) is 11.8. The molecule has 8 nitrogen and oxygen atoms in total. The maximum absolute atomic E-state index is 9.59. The van der Waals surface area contributed by atoms with E-state index < -0.39 is 0 Å². The molecule has 5 N–H and O–H groups in total. The summed E-state index contributed by atoms with van der Waals surface area (Å²) in [5.41, 5.74) is 8.92. The standard InChI is InChI=1S/C25H32N6O2/c1-33-21-3-2-15(13-32)4-19(21)11-28-24-29-12-20(10-26)23(31-24)30-14-25-7-16-5-17(8-25)22(27)18(6-16)9-25/h2-4,12,16-18,22,32H,5-9,11,13-14,27H2,1H3,(H2,28,29,30,31)/t16?,17-,18+,22-,25-. The fourth-order valence-corrected chi connectivity index (χ4v) is 6.65. The highest BCUT2D eigenvalue weighted by molar-refractivity contribution is 5.54. The molecule has 174 valence electrons. The summed E-state index contributed by atoms with van der Waals surface area (Å²) in [6.07, 6.45) is 7.73. The topological polar surface area (TPSA) is 129 Å². The van der Waals surface area contributed by atoms with Crippen LogP contribution < -0.4 is 21.1 Å². The molecule has 0 spiro atoms. The molecule has 0 amide bonds. The lowest BCUT2D eigenvalue weighted by Gasteiger charge is -2.59. The summed E-state index contributed by atoms with van der Waals surface area (Å²) >= 11 is 0. The van der Waals surface area contributed by atoms with E-state index in [1.807, 2.05) is 18.2 Å².